The van der Waals surface area contributed by atoms with Crippen molar-refractivity contribution in [3.63, 3.8) is 0 Å². The minimum absolute atomic E-state index is 0.989. The van der Waals surface area contributed by atoms with Gasteiger partial charge in [0.25, 0.3) is 0 Å². The lowest BCUT2D eigenvalue weighted by atomic mass is 10.1. The summed E-state index contributed by atoms with van der Waals surface area (Å²) in [4.78, 5) is 4.84. The largest absolute Gasteiger partial charge is 0.388 e. The van der Waals surface area contributed by atoms with Gasteiger partial charge in [-0.25, -0.2) is 4.98 Å². The molecular weight excluding hydrogens is 312 g/mol. The van der Waals surface area contributed by atoms with Crippen LogP contribution in [-0.4, -0.2) is 12.0 Å². The summed E-state index contributed by atoms with van der Waals surface area (Å²) < 4.78 is 1.09. The molecule has 1 aromatic heterocycles. The summed E-state index contributed by atoms with van der Waals surface area (Å²) in [5.74, 6) is 0. The van der Waals surface area contributed by atoms with E-state index in [4.69, 9.17) is 4.98 Å². The van der Waals surface area contributed by atoms with Gasteiger partial charge in [-0.05, 0) is 30.7 Å². The molecule has 0 aliphatic rings. The molecule has 3 aromatic rings. The van der Waals surface area contributed by atoms with Gasteiger partial charge in [0.05, 0.1) is 11.2 Å². The monoisotopic (exact) mass is 326 g/mol. The van der Waals surface area contributed by atoms with Crippen LogP contribution >= 0.6 is 15.9 Å². The number of aromatic nitrogens is 1. The van der Waals surface area contributed by atoms with Gasteiger partial charge in [-0.3, -0.25) is 0 Å². The molecule has 0 spiro atoms. The Bertz CT molecular complexity index is 767. The highest BCUT2D eigenvalue weighted by molar-refractivity contribution is 9.10. The van der Waals surface area contributed by atoms with E-state index in [1.807, 2.05) is 25.2 Å². The Balaban J connectivity index is 2.33. The van der Waals surface area contributed by atoms with E-state index in [1.54, 1.807) is 0 Å². The lowest BCUT2D eigenvalue weighted by Gasteiger charge is -2.12. The van der Waals surface area contributed by atoms with Crippen LogP contribution in [0, 0.1) is 6.92 Å². The first kappa shape index (κ1) is 13.1. The number of benzene rings is 2. The Morgan fingerprint density at radius 2 is 1.80 bits per heavy atom. The zero-order valence-corrected chi connectivity index (χ0v) is 13.0. The molecule has 100 valence electrons. The average Bonchev–Trinajstić information content (AvgIpc) is 2.51. The molecule has 0 aliphatic heterocycles. The summed E-state index contributed by atoms with van der Waals surface area (Å²) in [6, 6.07) is 16.5. The molecule has 0 amide bonds. The van der Waals surface area contributed by atoms with Gasteiger partial charge < -0.3 is 5.32 Å². The molecule has 1 heterocycles. The Labute approximate surface area is 127 Å². The van der Waals surface area contributed by atoms with Crippen molar-refractivity contribution >= 4 is 32.5 Å². The first-order chi connectivity index (χ1) is 9.70. The molecule has 0 saturated heterocycles. The number of hydrogen-bond donors (Lipinski definition) is 1. The molecule has 0 bridgehead atoms. The zero-order chi connectivity index (χ0) is 14.1. The number of rotatable bonds is 2. The molecule has 3 heteroatoms. The fraction of sp³-hybridized carbons (Fsp3) is 0.118. The number of fused-ring (bicyclic) bond motifs is 1. The second kappa shape index (κ2) is 5.25. The predicted molar refractivity (Wildman–Crippen MR) is 89.2 cm³/mol. The summed E-state index contributed by atoms with van der Waals surface area (Å²) in [7, 11) is 1.95. The van der Waals surface area contributed by atoms with Gasteiger partial charge in [-0.2, -0.15) is 0 Å². The zero-order valence-electron chi connectivity index (χ0n) is 11.4. The maximum atomic E-state index is 4.84. The highest BCUT2D eigenvalue weighted by atomic mass is 79.9. The van der Waals surface area contributed by atoms with Crippen LogP contribution < -0.4 is 5.32 Å². The number of halogens is 1. The molecule has 0 unspecified atom stereocenters. The standard InChI is InChI=1S/C17H15BrN2/c1-11-14(18)9-8-13-16(19-2)10-15(20-17(11)13)12-6-4-3-5-7-12/h3-10H,1-2H3,(H,19,20). The van der Waals surface area contributed by atoms with Crippen molar-refractivity contribution in [3.8, 4) is 11.3 Å². The van der Waals surface area contributed by atoms with Crippen LogP contribution in [0.2, 0.25) is 0 Å². The fourth-order valence-corrected chi connectivity index (χ4v) is 2.69. The average molecular weight is 327 g/mol. The number of pyridine rings is 1. The SMILES string of the molecule is CNc1cc(-c2ccccc2)nc2c(C)c(Br)ccc12. The Kier molecular flexibility index (Phi) is 3.45. The molecule has 1 N–H and O–H groups in total. The highest BCUT2D eigenvalue weighted by Gasteiger charge is 2.10. The van der Waals surface area contributed by atoms with E-state index in [2.05, 4.69) is 58.5 Å². The molecule has 3 rings (SSSR count). The van der Waals surface area contributed by atoms with E-state index < -0.39 is 0 Å². The third-order valence-electron chi connectivity index (χ3n) is 3.51. The van der Waals surface area contributed by atoms with Crippen LogP contribution in [-0.2, 0) is 0 Å². The molecule has 2 aromatic carbocycles. The van der Waals surface area contributed by atoms with Crippen LogP contribution in [0.4, 0.5) is 5.69 Å². The summed E-state index contributed by atoms with van der Waals surface area (Å²) in [6.45, 7) is 2.09. The maximum Gasteiger partial charge on any atom is 0.0770 e. The number of nitrogens with one attached hydrogen (secondary N) is 1. The normalized spacial score (nSPS) is 10.8. The molecule has 2 nitrogen and oxygen atoms in total. The van der Waals surface area contributed by atoms with E-state index in [0.717, 1.165) is 37.9 Å². The Morgan fingerprint density at radius 3 is 2.50 bits per heavy atom. The summed E-state index contributed by atoms with van der Waals surface area (Å²) in [5, 5.41) is 4.42. The second-order valence-corrected chi connectivity index (χ2v) is 5.59. The van der Waals surface area contributed by atoms with E-state index in [1.165, 1.54) is 0 Å². The number of hydrogen-bond acceptors (Lipinski definition) is 2. The van der Waals surface area contributed by atoms with Crippen molar-refractivity contribution in [2.75, 3.05) is 12.4 Å². The van der Waals surface area contributed by atoms with Crippen molar-refractivity contribution in [1.82, 2.24) is 4.98 Å². The van der Waals surface area contributed by atoms with E-state index in [0.29, 0.717) is 0 Å². The Hall–Kier alpha value is -1.87. The van der Waals surface area contributed by atoms with Crippen LogP contribution in [0.5, 0.6) is 0 Å². The highest BCUT2D eigenvalue weighted by Crippen LogP contribution is 2.32. The van der Waals surface area contributed by atoms with Crippen molar-refractivity contribution in [1.29, 1.82) is 0 Å². The van der Waals surface area contributed by atoms with Gasteiger partial charge in [-0.15, -0.1) is 0 Å². The van der Waals surface area contributed by atoms with Crippen molar-refractivity contribution in [3.05, 3.63) is 58.6 Å². The molecule has 20 heavy (non-hydrogen) atoms. The maximum absolute atomic E-state index is 4.84. The van der Waals surface area contributed by atoms with E-state index >= 15 is 0 Å². The van der Waals surface area contributed by atoms with Gasteiger partial charge in [-0.1, -0.05) is 46.3 Å². The number of nitrogens with zero attached hydrogens (tertiary/aromatic N) is 1. The first-order valence-corrected chi connectivity index (χ1v) is 7.33. The molecule has 0 radical (unpaired) electrons. The quantitative estimate of drug-likeness (QED) is 0.715. The van der Waals surface area contributed by atoms with Crippen LogP contribution in [0.3, 0.4) is 0 Å². The van der Waals surface area contributed by atoms with Crippen LogP contribution in [0.15, 0.2) is 53.0 Å². The van der Waals surface area contributed by atoms with Gasteiger partial charge >= 0.3 is 0 Å². The minimum atomic E-state index is 0.989. The van der Waals surface area contributed by atoms with E-state index in [9.17, 15) is 0 Å². The predicted octanol–water partition coefficient (Wildman–Crippen LogP) is 5.01. The van der Waals surface area contributed by atoms with Gasteiger partial charge in [0.15, 0.2) is 0 Å². The molecule has 0 aliphatic carbocycles. The van der Waals surface area contributed by atoms with Crippen molar-refractivity contribution < 1.29 is 0 Å². The molecule has 0 fully saturated rings. The van der Waals surface area contributed by atoms with Gasteiger partial charge in [0.2, 0.25) is 0 Å². The third kappa shape index (κ3) is 2.18. The summed E-state index contributed by atoms with van der Waals surface area (Å²) in [5.41, 5.74) is 5.42. The number of aryl methyl sites for hydroxylation is 1. The minimum Gasteiger partial charge on any atom is -0.388 e. The fourth-order valence-electron chi connectivity index (χ4n) is 2.37. The molecule has 0 atom stereocenters. The first-order valence-electron chi connectivity index (χ1n) is 6.53. The van der Waals surface area contributed by atoms with E-state index in [-0.39, 0.29) is 0 Å². The third-order valence-corrected chi connectivity index (χ3v) is 4.37. The lowest BCUT2D eigenvalue weighted by molar-refractivity contribution is 1.34. The second-order valence-electron chi connectivity index (χ2n) is 4.74. The lowest BCUT2D eigenvalue weighted by Crippen LogP contribution is -1.95. The summed E-state index contributed by atoms with van der Waals surface area (Å²) in [6.07, 6.45) is 0. The molecular formula is C17H15BrN2. The van der Waals surface area contributed by atoms with Crippen LogP contribution in [0.25, 0.3) is 22.2 Å². The van der Waals surface area contributed by atoms with Crippen molar-refractivity contribution in [2.24, 2.45) is 0 Å². The van der Waals surface area contributed by atoms with Crippen LogP contribution in [0.1, 0.15) is 5.56 Å². The van der Waals surface area contributed by atoms with Gasteiger partial charge in [0, 0.05) is 28.2 Å². The van der Waals surface area contributed by atoms with Gasteiger partial charge in [0.1, 0.15) is 0 Å². The Morgan fingerprint density at radius 1 is 1.05 bits per heavy atom. The number of anilines is 1. The summed E-state index contributed by atoms with van der Waals surface area (Å²) >= 11 is 3.58. The smallest absolute Gasteiger partial charge is 0.0770 e. The van der Waals surface area contributed by atoms with Crippen molar-refractivity contribution in [2.45, 2.75) is 6.92 Å². The topological polar surface area (TPSA) is 24.9 Å². The molecule has 0 saturated carbocycles.